The van der Waals surface area contributed by atoms with Gasteiger partial charge in [0.2, 0.25) is 5.91 Å². The van der Waals surface area contributed by atoms with Gasteiger partial charge >= 0.3 is 12.2 Å². The number of alkyl carbamates (subject to hydrolysis) is 1. The molecule has 3 amide bonds. The van der Waals surface area contributed by atoms with Crippen molar-refractivity contribution < 1.29 is 38.1 Å². The first-order chi connectivity index (χ1) is 31.3. The zero-order valence-corrected chi connectivity index (χ0v) is 34.8. The minimum Gasteiger partial charge on any atom is -0.489 e. The summed E-state index contributed by atoms with van der Waals surface area (Å²) < 4.78 is 22.0. The van der Waals surface area contributed by atoms with Crippen LogP contribution in [0.4, 0.5) is 9.59 Å². The zero-order chi connectivity index (χ0) is 44.4. The Labute approximate surface area is 370 Å². The Kier molecular flexibility index (Phi) is 15.4. The van der Waals surface area contributed by atoms with Crippen LogP contribution in [0.1, 0.15) is 33.4 Å². The molecule has 0 aliphatic carbocycles. The summed E-state index contributed by atoms with van der Waals surface area (Å²) >= 11 is 0. The highest BCUT2D eigenvalue weighted by molar-refractivity contribution is 5.92. The van der Waals surface area contributed by atoms with Gasteiger partial charge in [0.1, 0.15) is 43.4 Å². The van der Waals surface area contributed by atoms with E-state index in [2.05, 4.69) is 45.4 Å². The van der Waals surface area contributed by atoms with E-state index in [-0.39, 0.29) is 31.8 Å². The molecule has 322 valence electrons. The lowest BCUT2D eigenvalue weighted by Crippen LogP contribution is -2.54. The maximum atomic E-state index is 14.1. The van der Waals surface area contributed by atoms with Gasteiger partial charge in [-0.25, -0.2) is 15.0 Å². The fraction of sp³-hybridized carbons (Fsp3) is 0.135. The van der Waals surface area contributed by atoms with Gasteiger partial charge in [0.15, 0.2) is 0 Å². The molecule has 0 unspecified atom stereocenters. The molecule has 0 aromatic heterocycles. The van der Waals surface area contributed by atoms with Crippen molar-refractivity contribution in [2.75, 3.05) is 0 Å². The lowest BCUT2D eigenvalue weighted by molar-refractivity contribution is -0.130. The molecule has 0 radical (unpaired) electrons. The van der Waals surface area contributed by atoms with Gasteiger partial charge in [0.25, 0.3) is 5.91 Å². The molecule has 0 heterocycles. The smallest absolute Gasteiger partial charge is 0.489 e. The van der Waals surface area contributed by atoms with Gasteiger partial charge in [0, 0.05) is 12.8 Å². The summed E-state index contributed by atoms with van der Waals surface area (Å²) in [4.78, 5) is 53.3. The van der Waals surface area contributed by atoms with Crippen molar-refractivity contribution in [3.05, 3.63) is 215 Å². The van der Waals surface area contributed by atoms with Gasteiger partial charge in [-0.1, -0.05) is 140 Å². The lowest BCUT2D eigenvalue weighted by atomic mass is 10.0. The maximum absolute atomic E-state index is 14.1. The van der Waals surface area contributed by atoms with Crippen LogP contribution in [-0.2, 0) is 51.7 Å². The van der Waals surface area contributed by atoms with E-state index in [1.165, 1.54) is 11.6 Å². The molecule has 2 atom stereocenters. The second-order valence-electron chi connectivity index (χ2n) is 14.8. The molecule has 0 aliphatic rings. The van der Waals surface area contributed by atoms with Crippen LogP contribution in [0, 0.1) is 0 Å². The highest BCUT2D eigenvalue weighted by Gasteiger charge is 2.28. The number of carbonyl (C=O) groups is 4. The van der Waals surface area contributed by atoms with E-state index >= 15 is 0 Å². The minimum atomic E-state index is -1.18. The third-order valence-corrected chi connectivity index (χ3v) is 9.99. The molecular weight excluding hydrogens is 809 g/mol. The Morgan fingerprint density at radius 1 is 0.484 bits per heavy atom. The lowest BCUT2D eigenvalue weighted by Gasteiger charge is -2.23. The third kappa shape index (κ3) is 13.6. The summed E-state index contributed by atoms with van der Waals surface area (Å²) in [7, 11) is 0. The Balaban J connectivity index is 0.988. The largest absolute Gasteiger partial charge is 0.514 e. The number of ether oxygens (including phenoxy) is 4. The number of amides is 3. The van der Waals surface area contributed by atoms with Crippen molar-refractivity contribution in [1.82, 2.24) is 16.1 Å². The standard InChI is InChI=1S/C52H46N4O8/c57-49(47(55-51(59)62-34-40-14-6-2-7-15-40)32-38-21-28-46(29-22-38)64-52(60)63-35-41-16-8-3-9-17-41)54-48(31-37-12-4-1-5-13-37)50(58)56-53-33-39-23-26-45(27-24-39)61-36-42-20-25-43-18-10-11-19-44(43)30-42/h1-30,33,47-48H,31-32,34-36H2,(H,54,57)(H,55,59)(H,56,58)/b53-33-/t47-,48-/m0/s1. The Hall–Kier alpha value is -8.25. The molecule has 12 heteroatoms. The van der Waals surface area contributed by atoms with E-state index in [1.807, 2.05) is 133 Å². The molecule has 0 saturated heterocycles. The summed E-state index contributed by atoms with van der Waals surface area (Å²) in [6.45, 7) is 0.433. The molecular formula is C52H46N4O8. The molecule has 7 aromatic rings. The molecule has 7 aromatic carbocycles. The number of hydrogen-bond acceptors (Lipinski definition) is 9. The highest BCUT2D eigenvalue weighted by Crippen LogP contribution is 2.19. The van der Waals surface area contributed by atoms with Gasteiger partial charge in [0.05, 0.1) is 6.21 Å². The van der Waals surface area contributed by atoms with Gasteiger partial charge in [-0.3, -0.25) is 9.59 Å². The Morgan fingerprint density at radius 3 is 1.67 bits per heavy atom. The predicted octanol–water partition coefficient (Wildman–Crippen LogP) is 8.85. The quantitative estimate of drug-likeness (QED) is 0.0335. The fourth-order valence-corrected chi connectivity index (χ4v) is 6.61. The van der Waals surface area contributed by atoms with E-state index in [0.29, 0.717) is 23.5 Å². The summed E-state index contributed by atoms with van der Waals surface area (Å²) in [6, 6.07) is 53.4. The molecule has 0 aliphatic heterocycles. The monoisotopic (exact) mass is 854 g/mol. The van der Waals surface area contributed by atoms with Crippen LogP contribution < -0.4 is 25.5 Å². The summed E-state index contributed by atoms with van der Waals surface area (Å²) in [6.07, 6.45) is -0.0705. The van der Waals surface area contributed by atoms with Crippen LogP contribution >= 0.6 is 0 Å². The minimum absolute atomic E-state index is 0.00476. The average Bonchev–Trinajstić information content (AvgIpc) is 3.33. The van der Waals surface area contributed by atoms with E-state index in [0.717, 1.165) is 27.6 Å². The van der Waals surface area contributed by atoms with Crippen LogP contribution in [0.5, 0.6) is 11.5 Å². The fourth-order valence-electron chi connectivity index (χ4n) is 6.61. The van der Waals surface area contributed by atoms with E-state index < -0.39 is 36.1 Å². The van der Waals surface area contributed by atoms with Crippen molar-refractivity contribution in [2.45, 2.75) is 44.7 Å². The molecule has 0 bridgehead atoms. The number of hydrazone groups is 1. The predicted molar refractivity (Wildman–Crippen MR) is 243 cm³/mol. The number of benzene rings is 7. The first-order valence-corrected chi connectivity index (χ1v) is 20.7. The maximum Gasteiger partial charge on any atom is 0.514 e. The van der Waals surface area contributed by atoms with E-state index in [9.17, 15) is 19.2 Å². The topological polar surface area (TPSA) is 154 Å². The third-order valence-electron chi connectivity index (χ3n) is 9.99. The van der Waals surface area contributed by atoms with Crippen LogP contribution in [0.15, 0.2) is 187 Å². The van der Waals surface area contributed by atoms with Crippen LogP contribution in [0.3, 0.4) is 0 Å². The summed E-state index contributed by atoms with van der Waals surface area (Å²) in [5.41, 5.74) is 7.30. The van der Waals surface area contributed by atoms with Crippen molar-refractivity contribution in [1.29, 1.82) is 0 Å². The van der Waals surface area contributed by atoms with Crippen molar-refractivity contribution in [2.24, 2.45) is 5.10 Å². The summed E-state index contributed by atoms with van der Waals surface area (Å²) in [5.74, 6) is -0.314. The molecule has 0 spiro atoms. The number of hydrogen-bond donors (Lipinski definition) is 3. The average molecular weight is 855 g/mol. The number of rotatable bonds is 18. The SMILES string of the molecule is O=C(N[C@@H](Cc1ccc(OC(=O)OCc2ccccc2)cc1)C(=O)N[C@@H](Cc1ccccc1)C(=O)N/N=C\c1ccc(OCc2ccc3ccccc3c2)cc1)OCc1ccccc1. The second-order valence-corrected chi connectivity index (χ2v) is 14.8. The number of carbonyl (C=O) groups excluding carboxylic acids is 4. The van der Waals surface area contributed by atoms with Crippen molar-refractivity contribution >= 4 is 41.1 Å². The van der Waals surface area contributed by atoms with Gasteiger partial charge in [-0.05, 0) is 86.6 Å². The van der Waals surface area contributed by atoms with Crippen LogP contribution in [0.2, 0.25) is 0 Å². The molecule has 7 rings (SSSR count). The van der Waals surface area contributed by atoms with Gasteiger partial charge in [-0.15, -0.1) is 0 Å². The first kappa shape index (κ1) is 43.8. The van der Waals surface area contributed by atoms with Gasteiger partial charge < -0.3 is 29.6 Å². The van der Waals surface area contributed by atoms with Crippen LogP contribution in [-0.4, -0.2) is 42.4 Å². The Bertz CT molecular complexity index is 2640. The van der Waals surface area contributed by atoms with Crippen molar-refractivity contribution in [3.8, 4) is 11.5 Å². The van der Waals surface area contributed by atoms with E-state index in [4.69, 9.17) is 18.9 Å². The molecule has 0 saturated carbocycles. The zero-order valence-electron chi connectivity index (χ0n) is 34.8. The van der Waals surface area contributed by atoms with Crippen molar-refractivity contribution in [3.63, 3.8) is 0 Å². The van der Waals surface area contributed by atoms with Crippen LogP contribution in [0.25, 0.3) is 10.8 Å². The number of nitrogens with one attached hydrogen (secondary N) is 3. The molecule has 12 nitrogen and oxygen atoms in total. The number of nitrogens with zero attached hydrogens (tertiary/aromatic N) is 1. The van der Waals surface area contributed by atoms with E-state index in [1.54, 1.807) is 24.3 Å². The second kappa shape index (κ2) is 22.6. The molecule has 0 fully saturated rings. The number of fused-ring (bicyclic) bond motifs is 1. The Morgan fingerprint density at radius 2 is 1.02 bits per heavy atom. The first-order valence-electron chi connectivity index (χ1n) is 20.7. The summed E-state index contributed by atoms with van der Waals surface area (Å²) in [5, 5.41) is 12.0. The molecule has 64 heavy (non-hydrogen) atoms. The normalized spacial score (nSPS) is 11.8. The highest BCUT2D eigenvalue weighted by atomic mass is 16.7. The van der Waals surface area contributed by atoms with Gasteiger partial charge in [-0.2, -0.15) is 5.10 Å². The molecule has 3 N–H and O–H groups in total.